The lowest BCUT2D eigenvalue weighted by molar-refractivity contribution is -0.139. The predicted molar refractivity (Wildman–Crippen MR) is 120 cm³/mol. The van der Waals surface area contributed by atoms with Crippen molar-refractivity contribution in [2.24, 2.45) is 0 Å². The van der Waals surface area contributed by atoms with Crippen molar-refractivity contribution in [1.29, 1.82) is 0 Å². The lowest BCUT2D eigenvalue weighted by Gasteiger charge is -2.10. The van der Waals surface area contributed by atoms with Gasteiger partial charge in [-0.1, -0.05) is 77.2 Å². The minimum absolute atomic E-state index is 0. The molecule has 0 aliphatic carbocycles. The van der Waals surface area contributed by atoms with Crippen molar-refractivity contribution in [2.75, 3.05) is 32.8 Å². The fourth-order valence-electron chi connectivity index (χ4n) is 3.10. The summed E-state index contributed by atoms with van der Waals surface area (Å²) >= 11 is 0. The number of hydrogen-bond acceptors (Lipinski definition) is 2. The van der Waals surface area contributed by atoms with Crippen molar-refractivity contribution in [1.82, 2.24) is 0 Å². The molecular weight excluding hydrogens is 375 g/mol. The van der Waals surface area contributed by atoms with Gasteiger partial charge in [-0.25, -0.2) is 4.79 Å². The van der Waals surface area contributed by atoms with E-state index in [0.717, 1.165) is 6.42 Å². The average molecular weight is 421 g/mol. The van der Waals surface area contributed by atoms with Gasteiger partial charge in [0.2, 0.25) is 0 Å². The second-order valence-corrected chi connectivity index (χ2v) is 13.9. The molecule has 27 heavy (non-hydrogen) atoms. The molecule has 0 amide bonds. The zero-order chi connectivity index (χ0) is 19.7. The SMILES string of the molecule is C=C(C)C(=O)OCCCCCCCCCCCCCCCC[P+](C)(C)C.[Cl-]. The van der Waals surface area contributed by atoms with Crippen molar-refractivity contribution in [3.63, 3.8) is 0 Å². The third-order valence-corrected chi connectivity index (χ3v) is 6.46. The van der Waals surface area contributed by atoms with Gasteiger partial charge in [-0.05, 0) is 26.2 Å². The first kappa shape index (κ1) is 29.1. The van der Waals surface area contributed by atoms with Crippen LogP contribution in [-0.2, 0) is 9.53 Å². The molecule has 0 unspecified atom stereocenters. The molecule has 0 aromatic carbocycles. The number of ether oxygens (including phenoxy) is 1. The summed E-state index contributed by atoms with van der Waals surface area (Å²) in [4.78, 5) is 11.2. The number of carbonyl (C=O) groups excluding carboxylic acids is 1. The third kappa shape index (κ3) is 23.9. The van der Waals surface area contributed by atoms with Crippen LogP contribution >= 0.6 is 7.26 Å². The molecule has 0 saturated heterocycles. The summed E-state index contributed by atoms with van der Waals surface area (Å²) in [6.07, 6.45) is 20.5. The highest BCUT2D eigenvalue weighted by Gasteiger charge is 2.15. The van der Waals surface area contributed by atoms with Crippen molar-refractivity contribution < 1.29 is 21.9 Å². The van der Waals surface area contributed by atoms with E-state index in [4.69, 9.17) is 4.74 Å². The van der Waals surface area contributed by atoms with Gasteiger partial charge in [0.25, 0.3) is 0 Å². The fraction of sp³-hybridized carbons (Fsp3) is 0.870. The van der Waals surface area contributed by atoms with Gasteiger partial charge in [-0.3, -0.25) is 0 Å². The minimum atomic E-state index is -0.535. The van der Waals surface area contributed by atoms with Crippen LogP contribution in [0.3, 0.4) is 0 Å². The summed E-state index contributed by atoms with van der Waals surface area (Å²) in [5, 5.41) is 0. The summed E-state index contributed by atoms with van der Waals surface area (Å²) in [6.45, 7) is 13.2. The Morgan fingerprint density at radius 1 is 0.704 bits per heavy atom. The Labute approximate surface area is 177 Å². The molecule has 162 valence electrons. The second kappa shape index (κ2) is 19.3. The first-order chi connectivity index (χ1) is 12.3. The van der Waals surface area contributed by atoms with Crippen molar-refractivity contribution in [2.45, 2.75) is 96.8 Å². The van der Waals surface area contributed by atoms with Crippen molar-refractivity contribution >= 4 is 13.2 Å². The summed E-state index contributed by atoms with van der Waals surface area (Å²) in [5.74, 6) is -0.253. The molecule has 0 atom stereocenters. The number of unbranched alkanes of at least 4 members (excludes halogenated alkanes) is 13. The summed E-state index contributed by atoms with van der Waals surface area (Å²) in [6, 6.07) is 0. The first-order valence-corrected chi connectivity index (χ1v) is 14.3. The maximum absolute atomic E-state index is 11.2. The Balaban J connectivity index is 0. The Kier molecular flexibility index (Phi) is 20.8. The molecule has 0 spiro atoms. The summed E-state index contributed by atoms with van der Waals surface area (Å²) in [5.41, 5.74) is 0.492. The molecule has 2 nitrogen and oxygen atoms in total. The number of rotatable bonds is 18. The highest BCUT2D eigenvalue weighted by atomic mass is 35.5. The Morgan fingerprint density at radius 2 is 1.04 bits per heavy atom. The van der Waals surface area contributed by atoms with Crippen LogP contribution in [0.4, 0.5) is 0 Å². The highest BCUT2D eigenvalue weighted by Crippen LogP contribution is 2.47. The molecule has 0 heterocycles. The molecule has 0 fully saturated rings. The van der Waals surface area contributed by atoms with Gasteiger partial charge in [0, 0.05) is 32.8 Å². The monoisotopic (exact) mass is 420 g/mol. The maximum atomic E-state index is 11.2. The molecule has 0 N–H and O–H groups in total. The number of esters is 1. The third-order valence-electron chi connectivity index (χ3n) is 4.80. The van der Waals surface area contributed by atoms with E-state index in [2.05, 4.69) is 26.6 Å². The summed E-state index contributed by atoms with van der Waals surface area (Å²) in [7, 11) is -0.535. The van der Waals surface area contributed by atoms with Gasteiger partial charge in [0.15, 0.2) is 0 Å². The fourth-order valence-corrected chi connectivity index (χ4v) is 4.27. The van der Waals surface area contributed by atoms with E-state index in [9.17, 15) is 4.79 Å². The predicted octanol–water partition coefficient (Wildman–Crippen LogP) is 4.48. The maximum Gasteiger partial charge on any atom is 0.333 e. The Hall–Kier alpha value is -0.0700. The van der Waals surface area contributed by atoms with E-state index in [1.54, 1.807) is 6.92 Å². The normalized spacial score (nSPS) is 11.1. The molecule has 4 heteroatoms. The molecule has 0 aromatic rings. The molecule has 0 rings (SSSR count). The van der Waals surface area contributed by atoms with Crippen LogP contribution in [0, 0.1) is 0 Å². The van der Waals surface area contributed by atoms with E-state index in [1.165, 1.54) is 89.6 Å². The molecule has 0 saturated carbocycles. The lowest BCUT2D eigenvalue weighted by atomic mass is 10.0. The van der Waals surface area contributed by atoms with E-state index in [-0.39, 0.29) is 18.4 Å². The van der Waals surface area contributed by atoms with Crippen molar-refractivity contribution in [3.8, 4) is 0 Å². The molecule has 0 aliphatic heterocycles. The Bertz CT molecular complexity index is 364. The van der Waals surface area contributed by atoms with E-state index in [1.807, 2.05) is 0 Å². The van der Waals surface area contributed by atoms with E-state index in [0.29, 0.717) is 12.2 Å². The highest BCUT2D eigenvalue weighted by molar-refractivity contribution is 7.73. The van der Waals surface area contributed by atoms with Gasteiger partial charge >= 0.3 is 5.97 Å². The van der Waals surface area contributed by atoms with Gasteiger partial charge < -0.3 is 17.1 Å². The topological polar surface area (TPSA) is 26.3 Å². The molecule has 0 radical (unpaired) electrons. The van der Waals surface area contributed by atoms with E-state index < -0.39 is 7.26 Å². The van der Waals surface area contributed by atoms with Crippen LogP contribution in [-0.4, -0.2) is 38.7 Å². The Morgan fingerprint density at radius 3 is 1.37 bits per heavy atom. The van der Waals surface area contributed by atoms with E-state index >= 15 is 0 Å². The van der Waals surface area contributed by atoms with Crippen LogP contribution in [0.2, 0.25) is 0 Å². The van der Waals surface area contributed by atoms with Crippen molar-refractivity contribution in [3.05, 3.63) is 12.2 Å². The molecule has 0 aromatic heterocycles. The van der Waals surface area contributed by atoms with Gasteiger partial charge in [0.1, 0.15) is 0 Å². The standard InChI is InChI=1S/C23H46O2P.ClH/c1-22(2)23(24)25-20-18-16-14-12-10-8-6-7-9-11-13-15-17-19-21-26(3,4)5;/h1,6-21H2,2-5H3;1H/q+1;/p-1. The largest absolute Gasteiger partial charge is 1.00 e. The minimum Gasteiger partial charge on any atom is -1.00 e. The van der Waals surface area contributed by atoms with Crippen LogP contribution in [0.15, 0.2) is 12.2 Å². The van der Waals surface area contributed by atoms with Gasteiger partial charge in [-0.2, -0.15) is 0 Å². The smallest absolute Gasteiger partial charge is 0.333 e. The van der Waals surface area contributed by atoms with Crippen LogP contribution in [0.25, 0.3) is 0 Å². The number of halogens is 1. The first-order valence-electron chi connectivity index (χ1n) is 11.0. The van der Waals surface area contributed by atoms with Gasteiger partial charge in [0.05, 0.1) is 12.8 Å². The van der Waals surface area contributed by atoms with Gasteiger partial charge in [-0.15, -0.1) is 0 Å². The molecule has 0 bridgehead atoms. The molecule has 0 aliphatic rings. The van der Waals surface area contributed by atoms with Crippen LogP contribution < -0.4 is 12.4 Å². The second-order valence-electron chi connectivity index (χ2n) is 8.88. The zero-order valence-electron chi connectivity index (χ0n) is 18.7. The quantitative estimate of drug-likeness (QED) is 0.141. The van der Waals surface area contributed by atoms with Crippen LogP contribution in [0.5, 0.6) is 0 Å². The lowest BCUT2D eigenvalue weighted by Crippen LogP contribution is -3.00. The molecular formula is C23H46ClO2P. The zero-order valence-corrected chi connectivity index (χ0v) is 20.3. The summed E-state index contributed by atoms with van der Waals surface area (Å²) < 4.78 is 5.09. The average Bonchev–Trinajstić information content (AvgIpc) is 2.56. The number of carbonyl (C=O) groups is 1. The number of hydrogen-bond donors (Lipinski definition) is 0. The van der Waals surface area contributed by atoms with Crippen LogP contribution in [0.1, 0.15) is 96.8 Å².